The lowest BCUT2D eigenvalue weighted by molar-refractivity contribution is -0.151. The number of ether oxygens (including phenoxy) is 1. The summed E-state index contributed by atoms with van der Waals surface area (Å²) in [7, 11) is 0. The monoisotopic (exact) mass is 310 g/mol. The minimum Gasteiger partial charge on any atom is -0.481 e. The van der Waals surface area contributed by atoms with Crippen LogP contribution in [0, 0.1) is 11.8 Å². The molecule has 0 radical (unpaired) electrons. The molecule has 1 fully saturated rings. The first-order valence-electron chi connectivity index (χ1n) is 7.63. The van der Waals surface area contributed by atoms with Gasteiger partial charge in [-0.3, -0.25) is 9.59 Å². The molecule has 1 heterocycles. The highest BCUT2D eigenvalue weighted by molar-refractivity contribution is 5.85. The molecule has 0 bridgehead atoms. The van der Waals surface area contributed by atoms with E-state index in [-0.39, 0.29) is 12.0 Å². The standard InChI is InChI=1S/C15H22N2O5/c1-2-22-15(21)17-9-7-16(8-10-17)13(18)11-5-3-4-6-12(11)14(19)20/h3-4,11-12H,2,5-10H2,1H3,(H,19,20)/t11-,12+/m1/s1. The van der Waals surface area contributed by atoms with Crippen molar-refractivity contribution in [3.05, 3.63) is 12.2 Å². The summed E-state index contributed by atoms with van der Waals surface area (Å²) in [5.74, 6) is -2.20. The highest BCUT2D eigenvalue weighted by Crippen LogP contribution is 2.28. The summed E-state index contributed by atoms with van der Waals surface area (Å²) < 4.78 is 4.94. The summed E-state index contributed by atoms with van der Waals surface area (Å²) in [6.07, 6.45) is 4.19. The van der Waals surface area contributed by atoms with Gasteiger partial charge in [-0.15, -0.1) is 0 Å². The van der Waals surface area contributed by atoms with Crippen molar-refractivity contribution in [3.8, 4) is 0 Å². The van der Waals surface area contributed by atoms with Crippen LogP contribution in [-0.2, 0) is 14.3 Å². The number of rotatable bonds is 3. The summed E-state index contributed by atoms with van der Waals surface area (Å²) in [6, 6.07) is 0. The Morgan fingerprint density at radius 1 is 1.05 bits per heavy atom. The molecule has 0 aromatic carbocycles. The fraction of sp³-hybridized carbons (Fsp3) is 0.667. The quantitative estimate of drug-likeness (QED) is 0.784. The number of carboxylic acids is 1. The van der Waals surface area contributed by atoms with Crippen LogP contribution in [0.5, 0.6) is 0 Å². The predicted octanol–water partition coefficient (Wildman–Crippen LogP) is 0.954. The first-order valence-corrected chi connectivity index (χ1v) is 7.63. The summed E-state index contributed by atoms with van der Waals surface area (Å²) in [5, 5.41) is 9.26. The number of carboxylic acid groups (broad SMARTS) is 1. The van der Waals surface area contributed by atoms with Crippen LogP contribution >= 0.6 is 0 Å². The summed E-state index contributed by atoms with van der Waals surface area (Å²) in [6.45, 7) is 3.76. The minimum absolute atomic E-state index is 0.125. The molecule has 1 saturated heterocycles. The second kappa shape index (κ2) is 7.29. The molecule has 2 aliphatic rings. The maximum atomic E-state index is 12.6. The second-order valence-electron chi connectivity index (χ2n) is 5.51. The number of nitrogens with zero attached hydrogens (tertiary/aromatic N) is 2. The number of allylic oxidation sites excluding steroid dienone is 2. The molecule has 1 aliphatic carbocycles. The van der Waals surface area contributed by atoms with E-state index in [1.807, 2.05) is 12.2 Å². The Bertz CT molecular complexity index is 469. The van der Waals surface area contributed by atoms with Gasteiger partial charge in [0.1, 0.15) is 0 Å². The number of aliphatic carboxylic acids is 1. The molecule has 2 rings (SSSR count). The molecule has 0 spiro atoms. The van der Waals surface area contributed by atoms with Crippen molar-refractivity contribution in [2.45, 2.75) is 19.8 Å². The molecule has 7 heteroatoms. The van der Waals surface area contributed by atoms with Crippen molar-refractivity contribution >= 4 is 18.0 Å². The van der Waals surface area contributed by atoms with E-state index in [0.717, 1.165) is 0 Å². The van der Waals surface area contributed by atoms with E-state index in [1.165, 1.54) is 0 Å². The molecule has 22 heavy (non-hydrogen) atoms. The van der Waals surface area contributed by atoms with Crippen molar-refractivity contribution in [2.75, 3.05) is 32.8 Å². The number of piperazine rings is 1. The number of hydrogen-bond acceptors (Lipinski definition) is 4. The molecule has 1 N–H and O–H groups in total. The molecular formula is C15H22N2O5. The van der Waals surface area contributed by atoms with Gasteiger partial charge >= 0.3 is 12.1 Å². The van der Waals surface area contributed by atoms with Crippen LogP contribution in [-0.4, -0.2) is 65.7 Å². The van der Waals surface area contributed by atoms with Crippen LogP contribution in [0.1, 0.15) is 19.8 Å². The fourth-order valence-electron chi connectivity index (χ4n) is 2.92. The van der Waals surface area contributed by atoms with Gasteiger partial charge in [-0.25, -0.2) is 4.79 Å². The average molecular weight is 310 g/mol. The number of carbonyl (C=O) groups excluding carboxylic acids is 2. The fourth-order valence-corrected chi connectivity index (χ4v) is 2.92. The lowest BCUT2D eigenvalue weighted by Crippen LogP contribution is -2.53. The van der Waals surface area contributed by atoms with Crippen molar-refractivity contribution in [1.82, 2.24) is 9.80 Å². The first-order chi connectivity index (χ1) is 10.5. The second-order valence-corrected chi connectivity index (χ2v) is 5.51. The SMILES string of the molecule is CCOC(=O)N1CCN(C(=O)[C@@H]2CC=CC[C@@H]2C(=O)O)CC1. The maximum Gasteiger partial charge on any atom is 0.409 e. The number of hydrogen-bond donors (Lipinski definition) is 1. The van der Waals surface area contributed by atoms with Gasteiger partial charge in [0.2, 0.25) is 5.91 Å². The highest BCUT2D eigenvalue weighted by atomic mass is 16.6. The maximum absolute atomic E-state index is 12.6. The molecular weight excluding hydrogens is 288 g/mol. The van der Waals surface area contributed by atoms with E-state index in [0.29, 0.717) is 45.6 Å². The molecule has 7 nitrogen and oxygen atoms in total. The molecule has 0 unspecified atom stereocenters. The molecule has 0 aromatic rings. The Balaban J connectivity index is 1.93. The third kappa shape index (κ3) is 3.58. The smallest absolute Gasteiger partial charge is 0.409 e. The van der Waals surface area contributed by atoms with Crippen molar-refractivity contribution in [1.29, 1.82) is 0 Å². The lowest BCUT2D eigenvalue weighted by atomic mass is 9.82. The van der Waals surface area contributed by atoms with E-state index < -0.39 is 17.8 Å². The third-order valence-corrected chi connectivity index (χ3v) is 4.18. The third-order valence-electron chi connectivity index (χ3n) is 4.18. The Hall–Kier alpha value is -2.05. The van der Waals surface area contributed by atoms with Crippen molar-refractivity contribution in [2.24, 2.45) is 11.8 Å². The van der Waals surface area contributed by atoms with Crippen LogP contribution in [0.3, 0.4) is 0 Å². The van der Waals surface area contributed by atoms with Gasteiger partial charge < -0.3 is 19.6 Å². The summed E-state index contributed by atoms with van der Waals surface area (Å²) in [5.41, 5.74) is 0. The van der Waals surface area contributed by atoms with Gasteiger partial charge in [0.05, 0.1) is 18.4 Å². The van der Waals surface area contributed by atoms with Gasteiger partial charge in [-0.05, 0) is 19.8 Å². The van der Waals surface area contributed by atoms with E-state index >= 15 is 0 Å². The van der Waals surface area contributed by atoms with Crippen molar-refractivity contribution < 1.29 is 24.2 Å². The van der Waals surface area contributed by atoms with Crippen LogP contribution in [0.15, 0.2) is 12.2 Å². The zero-order chi connectivity index (χ0) is 16.1. The molecule has 1 aliphatic heterocycles. The summed E-state index contributed by atoms with van der Waals surface area (Å²) in [4.78, 5) is 38.7. The molecule has 122 valence electrons. The zero-order valence-electron chi connectivity index (χ0n) is 12.7. The number of amides is 2. The summed E-state index contributed by atoms with van der Waals surface area (Å²) >= 11 is 0. The molecule has 0 saturated carbocycles. The highest BCUT2D eigenvalue weighted by Gasteiger charge is 2.37. The first kappa shape index (κ1) is 16.3. The lowest BCUT2D eigenvalue weighted by Gasteiger charge is -2.37. The van der Waals surface area contributed by atoms with Crippen LogP contribution < -0.4 is 0 Å². The minimum atomic E-state index is -0.923. The van der Waals surface area contributed by atoms with E-state index in [4.69, 9.17) is 4.74 Å². The van der Waals surface area contributed by atoms with Crippen LogP contribution in [0.2, 0.25) is 0 Å². The Morgan fingerprint density at radius 2 is 1.59 bits per heavy atom. The Morgan fingerprint density at radius 3 is 2.14 bits per heavy atom. The van der Waals surface area contributed by atoms with Gasteiger partial charge in [-0.1, -0.05) is 12.2 Å². The van der Waals surface area contributed by atoms with Crippen LogP contribution in [0.25, 0.3) is 0 Å². The van der Waals surface area contributed by atoms with Gasteiger partial charge in [0, 0.05) is 26.2 Å². The Kier molecular flexibility index (Phi) is 5.41. The van der Waals surface area contributed by atoms with Crippen LogP contribution in [0.4, 0.5) is 4.79 Å². The van der Waals surface area contributed by atoms with Gasteiger partial charge in [0.15, 0.2) is 0 Å². The number of carbonyl (C=O) groups is 3. The topological polar surface area (TPSA) is 87.2 Å². The van der Waals surface area contributed by atoms with Gasteiger partial charge in [0.25, 0.3) is 0 Å². The van der Waals surface area contributed by atoms with E-state index in [1.54, 1.807) is 16.7 Å². The van der Waals surface area contributed by atoms with E-state index in [9.17, 15) is 19.5 Å². The van der Waals surface area contributed by atoms with Crippen molar-refractivity contribution in [3.63, 3.8) is 0 Å². The van der Waals surface area contributed by atoms with Gasteiger partial charge in [-0.2, -0.15) is 0 Å². The van der Waals surface area contributed by atoms with E-state index in [2.05, 4.69) is 0 Å². The molecule has 2 amide bonds. The predicted molar refractivity (Wildman–Crippen MR) is 78.2 cm³/mol. The average Bonchev–Trinajstić information content (AvgIpc) is 2.54. The molecule has 2 atom stereocenters. The largest absolute Gasteiger partial charge is 0.481 e. The molecule has 0 aromatic heterocycles. The zero-order valence-corrected chi connectivity index (χ0v) is 12.7. The normalized spacial score (nSPS) is 25.0. The Labute approximate surface area is 129 Å².